The van der Waals surface area contributed by atoms with Crippen molar-refractivity contribution in [3.8, 4) is 0 Å². The Labute approximate surface area is 140 Å². The van der Waals surface area contributed by atoms with Gasteiger partial charge in [0.15, 0.2) is 0 Å². The summed E-state index contributed by atoms with van der Waals surface area (Å²) >= 11 is 5.46. The van der Waals surface area contributed by atoms with Gasteiger partial charge in [-0.25, -0.2) is 0 Å². The van der Waals surface area contributed by atoms with Crippen LogP contribution in [0.3, 0.4) is 0 Å². The van der Waals surface area contributed by atoms with Crippen LogP contribution < -0.4 is 0 Å². The molecule has 0 unspecified atom stereocenters. The predicted octanol–water partition coefficient (Wildman–Crippen LogP) is 5.94. The molecule has 0 N–H and O–H groups in total. The fourth-order valence-electron chi connectivity index (χ4n) is 3.20. The number of aryl methyl sites for hydroxylation is 1. The van der Waals surface area contributed by atoms with Gasteiger partial charge in [0, 0.05) is 21.9 Å². The zero-order valence-electron chi connectivity index (χ0n) is 12.5. The number of likely N-dealkylation sites (tertiary alicyclic amines) is 1. The highest BCUT2D eigenvalue weighted by molar-refractivity contribution is 9.10. The fraction of sp³-hybridized carbons (Fsp3) is 0.444. The van der Waals surface area contributed by atoms with Crippen LogP contribution in [0.4, 0.5) is 0 Å². The Bertz CT molecular complexity index is 575. The molecule has 1 aromatic carbocycles. The second-order valence-corrected chi connectivity index (χ2v) is 7.79. The molecule has 1 aromatic heterocycles. The molecule has 0 aliphatic carbocycles. The third-order valence-corrected chi connectivity index (χ3v) is 6.02. The maximum Gasteiger partial charge on any atom is 0.0447 e. The summed E-state index contributed by atoms with van der Waals surface area (Å²) in [5, 5.41) is 2.24. The van der Waals surface area contributed by atoms with Gasteiger partial charge in [-0.05, 0) is 61.0 Å². The molecule has 2 heterocycles. The Balaban J connectivity index is 1.82. The lowest BCUT2D eigenvalue weighted by Gasteiger charge is -2.30. The van der Waals surface area contributed by atoms with Crippen molar-refractivity contribution in [3.63, 3.8) is 0 Å². The SMILES string of the molecule is Cc1ccsc1[C@H]1CCCCCN1Cc1ccc(Br)cc1. The molecule has 3 rings (SSSR count). The second kappa shape index (κ2) is 7.08. The zero-order chi connectivity index (χ0) is 14.7. The Hall–Kier alpha value is -0.640. The van der Waals surface area contributed by atoms with Crippen molar-refractivity contribution in [1.29, 1.82) is 0 Å². The van der Waals surface area contributed by atoms with Gasteiger partial charge >= 0.3 is 0 Å². The monoisotopic (exact) mass is 363 g/mol. The standard InChI is InChI=1S/C18H22BrNS/c1-14-10-12-21-18(14)17-5-3-2-4-11-20(17)13-15-6-8-16(19)9-7-15/h6-10,12,17H,2-5,11,13H2,1H3/t17-/m1/s1. The van der Waals surface area contributed by atoms with Crippen LogP contribution in [0, 0.1) is 6.92 Å². The van der Waals surface area contributed by atoms with E-state index in [1.54, 1.807) is 4.88 Å². The molecule has 1 saturated heterocycles. The minimum atomic E-state index is 0.608. The summed E-state index contributed by atoms with van der Waals surface area (Å²) in [6.07, 6.45) is 5.37. The van der Waals surface area contributed by atoms with Crippen molar-refractivity contribution in [2.75, 3.05) is 6.54 Å². The van der Waals surface area contributed by atoms with Gasteiger partial charge in [0.05, 0.1) is 0 Å². The Morgan fingerprint density at radius 1 is 1.14 bits per heavy atom. The minimum Gasteiger partial charge on any atom is -0.291 e. The molecule has 1 atom stereocenters. The summed E-state index contributed by atoms with van der Waals surface area (Å²) < 4.78 is 1.16. The van der Waals surface area contributed by atoms with Crippen molar-refractivity contribution in [2.45, 2.75) is 45.2 Å². The van der Waals surface area contributed by atoms with E-state index >= 15 is 0 Å². The minimum absolute atomic E-state index is 0.608. The third kappa shape index (κ3) is 3.77. The molecule has 0 saturated carbocycles. The maximum atomic E-state index is 3.52. The second-order valence-electron chi connectivity index (χ2n) is 5.93. The summed E-state index contributed by atoms with van der Waals surface area (Å²) in [7, 11) is 0. The van der Waals surface area contributed by atoms with Crippen molar-refractivity contribution >= 4 is 27.3 Å². The van der Waals surface area contributed by atoms with E-state index in [1.807, 2.05) is 11.3 Å². The summed E-state index contributed by atoms with van der Waals surface area (Å²) in [6.45, 7) is 4.54. The smallest absolute Gasteiger partial charge is 0.0447 e. The average Bonchev–Trinajstić information content (AvgIpc) is 2.77. The van der Waals surface area contributed by atoms with Crippen LogP contribution in [0.2, 0.25) is 0 Å². The lowest BCUT2D eigenvalue weighted by atomic mass is 10.0. The first-order chi connectivity index (χ1) is 10.2. The molecule has 3 heteroatoms. The Kier molecular flexibility index (Phi) is 5.15. The molecule has 1 fully saturated rings. The van der Waals surface area contributed by atoms with Crippen LogP contribution in [0.5, 0.6) is 0 Å². The summed E-state index contributed by atoms with van der Waals surface area (Å²) in [5.41, 5.74) is 2.88. The first-order valence-electron chi connectivity index (χ1n) is 7.76. The third-order valence-electron chi connectivity index (χ3n) is 4.37. The maximum absolute atomic E-state index is 3.52. The van der Waals surface area contributed by atoms with E-state index in [2.05, 4.69) is 63.5 Å². The van der Waals surface area contributed by atoms with Gasteiger partial charge in [-0.2, -0.15) is 0 Å². The molecule has 0 radical (unpaired) electrons. The van der Waals surface area contributed by atoms with Gasteiger partial charge in [0.1, 0.15) is 0 Å². The van der Waals surface area contributed by atoms with Crippen molar-refractivity contribution in [2.24, 2.45) is 0 Å². The highest BCUT2D eigenvalue weighted by Crippen LogP contribution is 2.36. The fourth-order valence-corrected chi connectivity index (χ4v) is 4.57. The highest BCUT2D eigenvalue weighted by Gasteiger charge is 2.24. The Morgan fingerprint density at radius 3 is 2.67 bits per heavy atom. The van der Waals surface area contributed by atoms with E-state index in [0.29, 0.717) is 6.04 Å². The number of benzene rings is 1. The van der Waals surface area contributed by atoms with Crippen LogP contribution >= 0.6 is 27.3 Å². The number of nitrogens with zero attached hydrogens (tertiary/aromatic N) is 1. The first kappa shape index (κ1) is 15.3. The Morgan fingerprint density at radius 2 is 1.95 bits per heavy atom. The van der Waals surface area contributed by atoms with Crippen molar-refractivity contribution in [3.05, 3.63) is 56.2 Å². The number of halogens is 1. The summed E-state index contributed by atoms with van der Waals surface area (Å²) in [5.74, 6) is 0. The molecular formula is C18H22BrNS. The van der Waals surface area contributed by atoms with Gasteiger partial charge in [-0.15, -0.1) is 11.3 Å². The lowest BCUT2D eigenvalue weighted by molar-refractivity contribution is 0.195. The van der Waals surface area contributed by atoms with Crippen LogP contribution in [-0.2, 0) is 6.54 Å². The van der Waals surface area contributed by atoms with E-state index in [9.17, 15) is 0 Å². The number of rotatable bonds is 3. The molecule has 0 spiro atoms. The first-order valence-corrected chi connectivity index (χ1v) is 9.44. The van der Waals surface area contributed by atoms with E-state index in [-0.39, 0.29) is 0 Å². The van der Waals surface area contributed by atoms with E-state index < -0.39 is 0 Å². The average molecular weight is 364 g/mol. The molecule has 1 aliphatic rings. The topological polar surface area (TPSA) is 3.24 Å². The summed E-state index contributed by atoms with van der Waals surface area (Å²) in [6, 6.07) is 11.7. The molecule has 21 heavy (non-hydrogen) atoms. The largest absolute Gasteiger partial charge is 0.291 e. The molecule has 2 aromatic rings. The van der Waals surface area contributed by atoms with Gasteiger partial charge < -0.3 is 0 Å². The van der Waals surface area contributed by atoms with Gasteiger partial charge in [0.25, 0.3) is 0 Å². The van der Waals surface area contributed by atoms with Crippen LogP contribution in [-0.4, -0.2) is 11.4 Å². The molecular weight excluding hydrogens is 342 g/mol. The molecule has 1 nitrogen and oxygen atoms in total. The van der Waals surface area contributed by atoms with Crippen LogP contribution in [0.15, 0.2) is 40.2 Å². The van der Waals surface area contributed by atoms with E-state index in [0.717, 1.165) is 11.0 Å². The van der Waals surface area contributed by atoms with Crippen molar-refractivity contribution < 1.29 is 0 Å². The number of thiophene rings is 1. The molecule has 112 valence electrons. The van der Waals surface area contributed by atoms with E-state index in [4.69, 9.17) is 0 Å². The quantitative estimate of drug-likeness (QED) is 0.652. The normalized spacial score (nSPS) is 20.4. The molecule has 0 amide bonds. The zero-order valence-corrected chi connectivity index (χ0v) is 14.9. The van der Waals surface area contributed by atoms with Crippen LogP contribution in [0.25, 0.3) is 0 Å². The van der Waals surface area contributed by atoms with Crippen molar-refractivity contribution in [1.82, 2.24) is 4.90 Å². The van der Waals surface area contributed by atoms with Gasteiger partial charge in [0.2, 0.25) is 0 Å². The number of hydrogen-bond donors (Lipinski definition) is 0. The number of hydrogen-bond acceptors (Lipinski definition) is 2. The highest BCUT2D eigenvalue weighted by atomic mass is 79.9. The molecule has 0 bridgehead atoms. The predicted molar refractivity (Wildman–Crippen MR) is 94.8 cm³/mol. The van der Waals surface area contributed by atoms with Crippen LogP contribution in [0.1, 0.15) is 47.7 Å². The summed E-state index contributed by atoms with van der Waals surface area (Å²) in [4.78, 5) is 4.27. The van der Waals surface area contributed by atoms with Gasteiger partial charge in [-0.1, -0.05) is 40.9 Å². The van der Waals surface area contributed by atoms with Gasteiger partial charge in [-0.3, -0.25) is 4.90 Å². The molecule has 1 aliphatic heterocycles. The van der Waals surface area contributed by atoms with E-state index in [1.165, 1.54) is 43.4 Å². The lowest BCUT2D eigenvalue weighted by Crippen LogP contribution is -2.28.